The van der Waals surface area contributed by atoms with Crippen molar-refractivity contribution in [3.05, 3.63) is 58.2 Å². The van der Waals surface area contributed by atoms with Gasteiger partial charge in [0.05, 0.1) is 7.11 Å². The Bertz CT molecular complexity index is 1220. The maximum absolute atomic E-state index is 13.0. The van der Waals surface area contributed by atoms with E-state index in [2.05, 4.69) is 43.4 Å². The highest BCUT2D eigenvalue weighted by atomic mass is 35.5. The molecular formula is C26H29ClN4O4. The lowest BCUT2D eigenvalue weighted by molar-refractivity contribution is -0.127. The number of amides is 4. The van der Waals surface area contributed by atoms with E-state index < -0.39 is 24.4 Å². The molecule has 2 N–H and O–H groups in total. The van der Waals surface area contributed by atoms with Crippen molar-refractivity contribution in [2.75, 3.05) is 30.9 Å². The summed E-state index contributed by atoms with van der Waals surface area (Å²) in [5.41, 5.74) is 3.51. The van der Waals surface area contributed by atoms with E-state index in [9.17, 15) is 14.4 Å². The summed E-state index contributed by atoms with van der Waals surface area (Å²) in [6.07, 6.45) is 2.58. The number of rotatable bonds is 5. The molecule has 2 aliphatic heterocycles. The van der Waals surface area contributed by atoms with Gasteiger partial charge in [-0.15, -0.1) is 0 Å². The molecular weight excluding hydrogens is 468 g/mol. The zero-order chi connectivity index (χ0) is 25.5. The second-order valence-electron chi connectivity index (χ2n) is 9.56. The number of fused-ring (bicyclic) bond motifs is 1. The summed E-state index contributed by atoms with van der Waals surface area (Å²) in [7, 11) is 3.64. The van der Waals surface area contributed by atoms with Crippen molar-refractivity contribution in [2.24, 2.45) is 0 Å². The van der Waals surface area contributed by atoms with Crippen LogP contribution in [-0.4, -0.2) is 49.0 Å². The van der Waals surface area contributed by atoms with Crippen molar-refractivity contribution in [3.63, 3.8) is 0 Å². The van der Waals surface area contributed by atoms with Crippen LogP contribution in [0.4, 0.5) is 16.2 Å². The minimum Gasteiger partial charge on any atom is -0.496 e. The van der Waals surface area contributed by atoms with Crippen LogP contribution in [0.15, 0.2) is 42.1 Å². The fourth-order valence-electron chi connectivity index (χ4n) is 4.65. The van der Waals surface area contributed by atoms with Crippen LogP contribution in [0.1, 0.15) is 44.2 Å². The number of hydrogen-bond donors (Lipinski definition) is 2. The number of nitrogens with one attached hydrogen (secondary N) is 2. The zero-order valence-electron chi connectivity index (χ0n) is 20.4. The van der Waals surface area contributed by atoms with Gasteiger partial charge in [0.2, 0.25) is 5.91 Å². The minimum atomic E-state index is -0.653. The number of urea groups is 1. The van der Waals surface area contributed by atoms with Gasteiger partial charge in [-0.25, -0.2) is 9.69 Å². The number of carbonyl (C=O) groups excluding carboxylic acids is 3. The van der Waals surface area contributed by atoms with Gasteiger partial charge in [-0.05, 0) is 68.2 Å². The number of carbonyl (C=O) groups is 3. The molecule has 0 saturated carbocycles. The maximum Gasteiger partial charge on any atom is 0.329 e. The molecule has 1 fully saturated rings. The molecule has 2 aromatic rings. The molecule has 1 atom stereocenters. The second kappa shape index (κ2) is 9.26. The number of imide groups is 1. The Labute approximate surface area is 209 Å². The number of benzene rings is 2. The van der Waals surface area contributed by atoms with E-state index in [1.54, 1.807) is 37.5 Å². The van der Waals surface area contributed by atoms with Crippen molar-refractivity contribution < 1.29 is 19.1 Å². The van der Waals surface area contributed by atoms with Crippen molar-refractivity contribution in [1.82, 2.24) is 10.2 Å². The van der Waals surface area contributed by atoms with Crippen molar-refractivity contribution in [2.45, 2.75) is 38.6 Å². The fraction of sp³-hybridized carbons (Fsp3) is 0.346. The Morgan fingerprint density at radius 2 is 1.94 bits per heavy atom. The standard InChI is InChI=1S/C26H29ClN4O4/c1-15-13-26(2,3)30(4)21-12-22(35-5)16(10-19(15)21)11-20-24(33)31(25(34)29-20)14-23(32)28-18-8-6-17(27)7-9-18/h6-12,15H,13-14H2,1-5H3,(H,28,32)(H,29,34)/b20-11+. The highest BCUT2D eigenvalue weighted by Gasteiger charge is 2.37. The molecule has 0 spiro atoms. The Morgan fingerprint density at radius 1 is 1.26 bits per heavy atom. The molecule has 2 aliphatic rings. The lowest BCUT2D eigenvalue weighted by atomic mass is 9.80. The molecule has 4 amide bonds. The van der Waals surface area contributed by atoms with Crippen molar-refractivity contribution in [3.8, 4) is 5.75 Å². The lowest BCUT2D eigenvalue weighted by Gasteiger charge is -2.45. The van der Waals surface area contributed by atoms with E-state index in [1.807, 2.05) is 12.1 Å². The van der Waals surface area contributed by atoms with Crippen LogP contribution >= 0.6 is 11.6 Å². The van der Waals surface area contributed by atoms with E-state index in [1.165, 1.54) is 0 Å². The van der Waals surface area contributed by atoms with Gasteiger partial charge >= 0.3 is 6.03 Å². The van der Waals surface area contributed by atoms with Crippen LogP contribution in [0.5, 0.6) is 5.75 Å². The first-order valence-corrected chi connectivity index (χ1v) is 11.7. The van der Waals surface area contributed by atoms with Gasteiger partial charge in [0, 0.05) is 40.6 Å². The number of halogens is 1. The summed E-state index contributed by atoms with van der Waals surface area (Å²) in [6.45, 7) is 6.18. The van der Waals surface area contributed by atoms with Crippen LogP contribution < -0.4 is 20.3 Å². The molecule has 0 bridgehead atoms. The number of nitrogens with zero attached hydrogens (tertiary/aromatic N) is 2. The molecule has 0 aromatic heterocycles. The predicted octanol–water partition coefficient (Wildman–Crippen LogP) is 4.60. The third kappa shape index (κ3) is 4.84. The summed E-state index contributed by atoms with van der Waals surface area (Å²) >= 11 is 5.86. The number of anilines is 2. The molecule has 0 radical (unpaired) electrons. The monoisotopic (exact) mass is 496 g/mol. The molecule has 8 nitrogen and oxygen atoms in total. The third-order valence-corrected chi connectivity index (χ3v) is 6.93. The number of methoxy groups -OCH3 is 1. The number of hydrogen-bond acceptors (Lipinski definition) is 5. The molecule has 2 aromatic carbocycles. The molecule has 2 heterocycles. The molecule has 4 rings (SSSR count). The zero-order valence-corrected chi connectivity index (χ0v) is 21.2. The summed E-state index contributed by atoms with van der Waals surface area (Å²) in [5.74, 6) is -0.176. The first-order chi connectivity index (χ1) is 16.5. The van der Waals surface area contributed by atoms with Crippen LogP contribution in [0, 0.1) is 0 Å². The van der Waals surface area contributed by atoms with E-state index in [4.69, 9.17) is 16.3 Å². The number of ether oxygens (including phenoxy) is 1. The Balaban J connectivity index is 1.57. The maximum atomic E-state index is 13.0. The normalized spacial score (nSPS) is 20.1. The Kier molecular flexibility index (Phi) is 6.51. The molecule has 1 saturated heterocycles. The van der Waals surface area contributed by atoms with Crippen LogP contribution in [0.25, 0.3) is 6.08 Å². The molecule has 184 valence electrons. The van der Waals surface area contributed by atoms with E-state index >= 15 is 0 Å². The first kappa shape index (κ1) is 24.6. The van der Waals surface area contributed by atoms with Crippen LogP contribution in [-0.2, 0) is 9.59 Å². The Hall–Kier alpha value is -3.52. The highest BCUT2D eigenvalue weighted by Crippen LogP contribution is 2.45. The van der Waals surface area contributed by atoms with Gasteiger partial charge in [0.25, 0.3) is 5.91 Å². The van der Waals surface area contributed by atoms with Gasteiger partial charge in [0.15, 0.2) is 0 Å². The average Bonchev–Trinajstić information content (AvgIpc) is 3.06. The SMILES string of the molecule is COc1cc2c(cc1/C=C1/NC(=O)N(CC(=O)Nc3ccc(Cl)cc3)C1=O)C(C)CC(C)(C)N2C. The topological polar surface area (TPSA) is 91.0 Å². The van der Waals surface area contributed by atoms with E-state index in [-0.39, 0.29) is 11.2 Å². The predicted molar refractivity (Wildman–Crippen MR) is 137 cm³/mol. The van der Waals surface area contributed by atoms with E-state index in [0.29, 0.717) is 27.9 Å². The van der Waals surface area contributed by atoms with Gasteiger partial charge in [0.1, 0.15) is 18.0 Å². The largest absolute Gasteiger partial charge is 0.496 e. The van der Waals surface area contributed by atoms with Gasteiger partial charge in [-0.1, -0.05) is 18.5 Å². The van der Waals surface area contributed by atoms with Crippen molar-refractivity contribution >= 4 is 46.9 Å². The molecule has 35 heavy (non-hydrogen) atoms. The summed E-state index contributed by atoms with van der Waals surface area (Å²) in [4.78, 5) is 41.0. The van der Waals surface area contributed by atoms with Crippen molar-refractivity contribution in [1.29, 1.82) is 0 Å². The third-order valence-electron chi connectivity index (χ3n) is 6.68. The second-order valence-corrected chi connectivity index (χ2v) is 10.0. The minimum absolute atomic E-state index is 0.000111. The molecule has 1 unspecified atom stereocenters. The smallest absolute Gasteiger partial charge is 0.329 e. The van der Waals surface area contributed by atoms with E-state index in [0.717, 1.165) is 22.6 Å². The lowest BCUT2D eigenvalue weighted by Crippen LogP contribution is -2.45. The summed E-state index contributed by atoms with van der Waals surface area (Å²) in [6, 6.07) is 9.87. The highest BCUT2D eigenvalue weighted by molar-refractivity contribution is 6.30. The molecule has 0 aliphatic carbocycles. The van der Waals surface area contributed by atoms with Crippen LogP contribution in [0.2, 0.25) is 5.02 Å². The average molecular weight is 497 g/mol. The quantitative estimate of drug-likeness (QED) is 0.466. The molecule has 9 heteroatoms. The summed E-state index contributed by atoms with van der Waals surface area (Å²) < 4.78 is 5.62. The Morgan fingerprint density at radius 3 is 2.60 bits per heavy atom. The fourth-order valence-corrected chi connectivity index (χ4v) is 4.77. The summed E-state index contributed by atoms with van der Waals surface area (Å²) in [5, 5.41) is 5.77. The van der Waals surface area contributed by atoms with Gasteiger partial charge in [-0.2, -0.15) is 0 Å². The van der Waals surface area contributed by atoms with Gasteiger partial charge < -0.3 is 20.3 Å². The van der Waals surface area contributed by atoms with Gasteiger partial charge in [-0.3, -0.25) is 9.59 Å². The van der Waals surface area contributed by atoms with Crippen LogP contribution in [0.3, 0.4) is 0 Å². The first-order valence-electron chi connectivity index (χ1n) is 11.4.